The molecule has 0 bridgehead atoms. The molecular formula is C16H18ClF2N3O3. The van der Waals surface area contributed by atoms with Gasteiger partial charge < -0.3 is 19.9 Å². The number of halogens is 3. The molecule has 1 aliphatic rings. The maximum absolute atomic E-state index is 13.5. The maximum atomic E-state index is 13.5. The van der Waals surface area contributed by atoms with E-state index in [1.54, 1.807) is 0 Å². The highest BCUT2D eigenvalue weighted by Crippen LogP contribution is 2.19. The summed E-state index contributed by atoms with van der Waals surface area (Å²) in [6.07, 6.45) is 1.03. The van der Waals surface area contributed by atoms with Crippen molar-refractivity contribution < 1.29 is 22.8 Å². The summed E-state index contributed by atoms with van der Waals surface area (Å²) in [4.78, 5) is 12.0. The van der Waals surface area contributed by atoms with E-state index in [4.69, 9.17) is 9.26 Å². The van der Waals surface area contributed by atoms with Crippen molar-refractivity contribution in [1.29, 1.82) is 0 Å². The molecule has 1 aromatic carbocycles. The molecule has 1 amide bonds. The molecule has 2 N–H and O–H groups in total. The number of carbonyl (C=O) groups is 1. The van der Waals surface area contributed by atoms with Crippen molar-refractivity contribution >= 4 is 18.3 Å². The zero-order valence-corrected chi connectivity index (χ0v) is 14.1. The molecule has 136 valence electrons. The van der Waals surface area contributed by atoms with E-state index < -0.39 is 11.6 Å². The summed E-state index contributed by atoms with van der Waals surface area (Å²) in [7, 11) is 0. The molecule has 1 atom stereocenters. The van der Waals surface area contributed by atoms with Gasteiger partial charge in [0.05, 0.1) is 0 Å². The lowest BCUT2D eigenvalue weighted by Crippen LogP contribution is -2.30. The number of amides is 1. The van der Waals surface area contributed by atoms with E-state index >= 15 is 0 Å². The van der Waals surface area contributed by atoms with Gasteiger partial charge in [-0.05, 0) is 37.6 Å². The maximum Gasteiger partial charge on any atom is 0.273 e. The number of nitrogens with zero attached hydrogens (tertiary/aromatic N) is 1. The Morgan fingerprint density at radius 1 is 1.40 bits per heavy atom. The van der Waals surface area contributed by atoms with Crippen LogP contribution in [-0.2, 0) is 6.61 Å². The third-order valence-electron chi connectivity index (χ3n) is 3.77. The summed E-state index contributed by atoms with van der Waals surface area (Å²) in [6.45, 7) is 2.31. The van der Waals surface area contributed by atoms with Crippen LogP contribution < -0.4 is 15.4 Å². The molecule has 0 radical (unpaired) electrons. The summed E-state index contributed by atoms with van der Waals surface area (Å²) in [5.41, 5.74) is 0.138. The molecular weight excluding hydrogens is 356 g/mol. The Kier molecular flexibility index (Phi) is 6.72. The third kappa shape index (κ3) is 5.14. The van der Waals surface area contributed by atoms with Gasteiger partial charge in [-0.2, -0.15) is 0 Å². The van der Waals surface area contributed by atoms with Gasteiger partial charge in [-0.15, -0.1) is 12.4 Å². The summed E-state index contributed by atoms with van der Waals surface area (Å²) < 4.78 is 36.5. The van der Waals surface area contributed by atoms with Crippen molar-refractivity contribution in [2.24, 2.45) is 5.92 Å². The Bertz CT molecular complexity index is 720. The molecule has 9 heteroatoms. The first-order valence-corrected chi connectivity index (χ1v) is 7.64. The van der Waals surface area contributed by atoms with Crippen molar-refractivity contribution in [3.63, 3.8) is 0 Å². The number of ether oxygens (including phenoxy) is 1. The summed E-state index contributed by atoms with van der Waals surface area (Å²) in [5, 5.41) is 9.70. The topological polar surface area (TPSA) is 76.4 Å². The second-order valence-corrected chi connectivity index (χ2v) is 5.61. The smallest absolute Gasteiger partial charge is 0.273 e. The Balaban J connectivity index is 0.00000225. The second-order valence-electron chi connectivity index (χ2n) is 5.61. The van der Waals surface area contributed by atoms with Gasteiger partial charge >= 0.3 is 0 Å². The molecule has 0 aliphatic carbocycles. The van der Waals surface area contributed by atoms with E-state index in [1.165, 1.54) is 12.1 Å². The molecule has 0 spiro atoms. The molecule has 1 aliphatic heterocycles. The van der Waals surface area contributed by atoms with Crippen LogP contribution in [0.25, 0.3) is 0 Å². The van der Waals surface area contributed by atoms with Crippen molar-refractivity contribution in [3.05, 3.63) is 47.4 Å². The minimum atomic E-state index is -0.808. The fourth-order valence-electron chi connectivity index (χ4n) is 2.45. The Labute approximate surface area is 149 Å². The highest BCUT2D eigenvalue weighted by molar-refractivity contribution is 5.92. The highest BCUT2D eigenvalue weighted by atomic mass is 35.5. The van der Waals surface area contributed by atoms with Gasteiger partial charge in [0.2, 0.25) is 0 Å². The molecule has 2 aromatic rings. The third-order valence-corrected chi connectivity index (χ3v) is 3.77. The predicted molar refractivity (Wildman–Crippen MR) is 87.8 cm³/mol. The SMILES string of the molecule is Cl.O=C(NCC1CCNC1)c1cc(COc2ccc(F)cc2F)on1. The average Bonchev–Trinajstić information content (AvgIpc) is 3.23. The largest absolute Gasteiger partial charge is 0.482 e. The van der Waals surface area contributed by atoms with Crippen molar-refractivity contribution in [1.82, 2.24) is 15.8 Å². The molecule has 0 saturated carbocycles. The summed E-state index contributed by atoms with van der Waals surface area (Å²) >= 11 is 0. The molecule has 3 rings (SSSR count). The lowest BCUT2D eigenvalue weighted by atomic mass is 10.1. The fourth-order valence-corrected chi connectivity index (χ4v) is 2.45. The van der Waals surface area contributed by atoms with Gasteiger partial charge in [0, 0.05) is 18.7 Å². The zero-order chi connectivity index (χ0) is 16.9. The van der Waals surface area contributed by atoms with Crippen LogP contribution in [0.3, 0.4) is 0 Å². The van der Waals surface area contributed by atoms with Crippen LogP contribution in [0.4, 0.5) is 8.78 Å². The fraction of sp³-hybridized carbons (Fsp3) is 0.375. The van der Waals surface area contributed by atoms with Gasteiger partial charge in [0.1, 0.15) is 12.4 Å². The second kappa shape index (κ2) is 8.77. The first kappa shape index (κ1) is 19.1. The van der Waals surface area contributed by atoms with Gasteiger partial charge in [-0.1, -0.05) is 5.16 Å². The van der Waals surface area contributed by atoms with E-state index in [1.807, 2.05) is 0 Å². The van der Waals surface area contributed by atoms with Crippen LogP contribution in [0, 0.1) is 17.6 Å². The lowest BCUT2D eigenvalue weighted by molar-refractivity contribution is 0.0938. The van der Waals surface area contributed by atoms with Crippen LogP contribution in [0.1, 0.15) is 22.7 Å². The Hall–Kier alpha value is -2.19. The number of benzene rings is 1. The van der Waals surface area contributed by atoms with Crippen LogP contribution in [0.5, 0.6) is 5.75 Å². The first-order chi connectivity index (χ1) is 11.6. The summed E-state index contributed by atoms with van der Waals surface area (Å²) in [5.74, 6) is -1.23. The molecule has 1 aromatic heterocycles. The first-order valence-electron chi connectivity index (χ1n) is 7.64. The molecule has 2 heterocycles. The van der Waals surface area contributed by atoms with Gasteiger partial charge in [0.25, 0.3) is 5.91 Å². The molecule has 1 fully saturated rings. The van der Waals surface area contributed by atoms with Crippen molar-refractivity contribution in [2.75, 3.05) is 19.6 Å². The van der Waals surface area contributed by atoms with Crippen LogP contribution in [0.2, 0.25) is 0 Å². The quantitative estimate of drug-likeness (QED) is 0.812. The minimum absolute atomic E-state index is 0. The van der Waals surface area contributed by atoms with Gasteiger partial charge in [0.15, 0.2) is 23.0 Å². The molecule has 1 saturated heterocycles. The molecule has 1 unspecified atom stereocenters. The average molecular weight is 374 g/mol. The summed E-state index contributed by atoms with van der Waals surface area (Å²) in [6, 6.07) is 4.44. The van der Waals surface area contributed by atoms with Crippen molar-refractivity contribution in [2.45, 2.75) is 13.0 Å². The number of nitrogens with one attached hydrogen (secondary N) is 2. The van der Waals surface area contributed by atoms with Crippen LogP contribution in [-0.4, -0.2) is 30.7 Å². The zero-order valence-electron chi connectivity index (χ0n) is 13.3. The monoisotopic (exact) mass is 373 g/mol. The molecule has 25 heavy (non-hydrogen) atoms. The van der Waals surface area contributed by atoms with E-state index in [0.29, 0.717) is 12.5 Å². The van der Waals surface area contributed by atoms with Crippen molar-refractivity contribution in [3.8, 4) is 5.75 Å². The number of hydrogen-bond donors (Lipinski definition) is 2. The van der Waals surface area contributed by atoms with E-state index in [-0.39, 0.29) is 42.1 Å². The number of rotatable bonds is 6. The minimum Gasteiger partial charge on any atom is -0.482 e. The standard InChI is InChI=1S/C16H17F2N3O3.ClH/c17-11-1-2-15(13(18)5-11)23-9-12-6-14(21-24-12)16(22)20-8-10-3-4-19-7-10;/h1-2,5-6,10,19H,3-4,7-9H2,(H,20,22);1H. The van der Waals surface area contributed by atoms with E-state index in [2.05, 4.69) is 15.8 Å². The van der Waals surface area contributed by atoms with E-state index in [9.17, 15) is 13.6 Å². The Morgan fingerprint density at radius 2 is 2.24 bits per heavy atom. The highest BCUT2D eigenvalue weighted by Gasteiger charge is 2.18. The Morgan fingerprint density at radius 3 is 2.96 bits per heavy atom. The number of aromatic nitrogens is 1. The predicted octanol–water partition coefficient (Wildman–Crippen LogP) is 2.29. The van der Waals surface area contributed by atoms with Crippen LogP contribution >= 0.6 is 12.4 Å². The number of hydrogen-bond acceptors (Lipinski definition) is 5. The van der Waals surface area contributed by atoms with E-state index in [0.717, 1.165) is 31.6 Å². The van der Waals surface area contributed by atoms with Gasteiger partial charge in [-0.25, -0.2) is 8.78 Å². The van der Waals surface area contributed by atoms with Crippen LogP contribution in [0.15, 0.2) is 28.8 Å². The van der Waals surface area contributed by atoms with Gasteiger partial charge in [-0.3, -0.25) is 4.79 Å². The lowest BCUT2D eigenvalue weighted by Gasteiger charge is -2.08. The molecule has 6 nitrogen and oxygen atoms in total. The normalized spacial score (nSPS) is 16.3. The number of carbonyl (C=O) groups excluding carboxylic acids is 1.